The Labute approximate surface area is 117 Å². The van der Waals surface area contributed by atoms with Gasteiger partial charge in [-0.15, -0.1) is 0 Å². The molecular weight excluding hydrogens is 234 g/mol. The van der Waals surface area contributed by atoms with Gasteiger partial charge in [-0.25, -0.2) is 4.98 Å². The molecule has 19 heavy (non-hydrogen) atoms. The van der Waals surface area contributed by atoms with Crippen LogP contribution < -0.4 is 10.2 Å². The molecule has 0 spiro atoms. The molecule has 0 saturated heterocycles. The molecule has 0 radical (unpaired) electrons. The first-order valence-electron chi connectivity index (χ1n) is 7.69. The molecule has 1 N–H and O–H groups in total. The number of hydrogen-bond acceptors (Lipinski definition) is 3. The molecule has 3 heteroatoms. The van der Waals surface area contributed by atoms with E-state index >= 15 is 0 Å². The summed E-state index contributed by atoms with van der Waals surface area (Å²) < 4.78 is 0. The van der Waals surface area contributed by atoms with E-state index in [9.17, 15) is 0 Å². The van der Waals surface area contributed by atoms with Crippen LogP contribution in [0.1, 0.15) is 50.7 Å². The molecule has 0 atom stereocenters. The van der Waals surface area contributed by atoms with Gasteiger partial charge in [0, 0.05) is 25.3 Å². The summed E-state index contributed by atoms with van der Waals surface area (Å²) in [5, 5.41) is 3.36. The number of aromatic nitrogens is 1. The average Bonchev–Trinajstić information content (AvgIpc) is 3.23. The van der Waals surface area contributed by atoms with E-state index in [4.69, 9.17) is 4.98 Å². The van der Waals surface area contributed by atoms with Gasteiger partial charge in [0.25, 0.3) is 0 Å². The van der Waals surface area contributed by atoms with E-state index in [-0.39, 0.29) is 0 Å². The largest absolute Gasteiger partial charge is 0.353 e. The van der Waals surface area contributed by atoms with E-state index in [0.29, 0.717) is 0 Å². The van der Waals surface area contributed by atoms with Crippen molar-refractivity contribution in [3.8, 4) is 0 Å². The van der Waals surface area contributed by atoms with Gasteiger partial charge in [0.05, 0.1) is 0 Å². The third-order valence-corrected chi connectivity index (χ3v) is 3.70. The molecule has 1 aliphatic rings. The highest BCUT2D eigenvalue weighted by molar-refractivity contribution is 5.49. The van der Waals surface area contributed by atoms with Crippen LogP contribution in [0.5, 0.6) is 0 Å². The van der Waals surface area contributed by atoms with Crippen molar-refractivity contribution in [1.82, 2.24) is 10.3 Å². The normalized spacial score (nSPS) is 14.7. The van der Waals surface area contributed by atoms with Crippen molar-refractivity contribution < 1.29 is 0 Å². The molecule has 0 amide bonds. The van der Waals surface area contributed by atoms with Crippen LogP contribution in [0, 0.1) is 6.92 Å². The van der Waals surface area contributed by atoms with Gasteiger partial charge >= 0.3 is 0 Å². The van der Waals surface area contributed by atoms with Crippen LogP contribution in [-0.2, 0) is 6.54 Å². The monoisotopic (exact) mass is 261 g/mol. The van der Waals surface area contributed by atoms with Crippen LogP contribution in [0.15, 0.2) is 12.3 Å². The average molecular weight is 261 g/mol. The molecule has 1 aromatic heterocycles. The van der Waals surface area contributed by atoms with Gasteiger partial charge in [0.1, 0.15) is 5.82 Å². The minimum atomic E-state index is 0.748. The number of unbranched alkanes of at least 4 members (excludes halogenated alkanes) is 1. The summed E-state index contributed by atoms with van der Waals surface area (Å²) in [6.07, 6.45) is 7.22. The fourth-order valence-corrected chi connectivity index (χ4v) is 2.47. The smallest absolute Gasteiger partial charge is 0.131 e. The van der Waals surface area contributed by atoms with Crippen molar-refractivity contribution in [2.45, 2.75) is 59.0 Å². The fourth-order valence-electron chi connectivity index (χ4n) is 2.47. The maximum Gasteiger partial charge on any atom is 0.131 e. The summed E-state index contributed by atoms with van der Waals surface area (Å²) in [5.41, 5.74) is 2.60. The molecule has 0 aliphatic heterocycles. The maximum atomic E-state index is 4.73. The van der Waals surface area contributed by atoms with E-state index in [1.54, 1.807) is 0 Å². The van der Waals surface area contributed by atoms with Gasteiger partial charge in [0.15, 0.2) is 0 Å². The Morgan fingerprint density at radius 3 is 2.74 bits per heavy atom. The molecule has 0 bridgehead atoms. The molecule has 0 unspecified atom stereocenters. The van der Waals surface area contributed by atoms with Crippen LogP contribution in [0.4, 0.5) is 5.82 Å². The molecule has 0 aromatic carbocycles. The van der Waals surface area contributed by atoms with Gasteiger partial charge in [-0.3, -0.25) is 0 Å². The highest BCUT2D eigenvalue weighted by Crippen LogP contribution is 2.32. The molecule has 1 saturated carbocycles. The standard InChI is InChI=1S/C16H27N3/c1-4-6-9-19(15-7-8-15)16-13(3)10-14(12-18-16)11-17-5-2/h10,12,15,17H,4-9,11H2,1-3H3. The van der Waals surface area contributed by atoms with Crippen molar-refractivity contribution >= 4 is 5.82 Å². The van der Waals surface area contributed by atoms with Crippen LogP contribution in [-0.4, -0.2) is 24.1 Å². The van der Waals surface area contributed by atoms with Crippen LogP contribution in [0.3, 0.4) is 0 Å². The lowest BCUT2D eigenvalue weighted by molar-refractivity contribution is 0.698. The summed E-state index contributed by atoms with van der Waals surface area (Å²) in [4.78, 5) is 7.26. The Hall–Kier alpha value is -1.09. The van der Waals surface area contributed by atoms with Crippen molar-refractivity contribution in [2.24, 2.45) is 0 Å². The molecule has 1 fully saturated rings. The number of aryl methyl sites for hydroxylation is 1. The second-order valence-corrected chi connectivity index (χ2v) is 5.54. The molecule has 1 aromatic rings. The molecule has 106 valence electrons. The SMILES string of the molecule is CCCCN(c1ncc(CNCC)cc1C)C1CC1. The predicted molar refractivity (Wildman–Crippen MR) is 81.6 cm³/mol. The highest BCUT2D eigenvalue weighted by atomic mass is 15.2. The first-order valence-corrected chi connectivity index (χ1v) is 7.69. The number of nitrogens with zero attached hydrogens (tertiary/aromatic N) is 2. The number of hydrogen-bond donors (Lipinski definition) is 1. The zero-order valence-electron chi connectivity index (χ0n) is 12.6. The predicted octanol–water partition coefficient (Wildman–Crippen LogP) is 3.27. The number of anilines is 1. The lowest BCUT2D eigenvalue weighted by Gasteiger charge is -2.25. The summed E-state index contributed by atoms with van der Waals surface area (Å²) in [6, 6.07) is 3.03. The Bertz CT molecular complexity index is 399. The third kappa shape index (κ3) is 3.93. The van der Waals surface area contributed by atoms with Crippen molar-refractivity contribution in [3.05, 3.63) is 23.4 Å². The summed E-state index contributed by atoms with van der Waals surface area (Å²) >= 11 is 0. The molecule has 3 nitrogen and oxygen atoms in total. The lowest BCUT2D eigenvalue weighted by Crippen LogP contribution is -2.28. The summed E-state index contributed by atoms with van der Waals surface area (Å²) in [5.74, 6) is 1.20. The third-order valence-electron chi connectivity index (χ3n) is 3.70. The Morgan fingerprint density at radius 1 is 1.37 bits per heavy atom. The Morgan fingerprint density at radius 2 is 2.16 bits per heavy atom. The zero-order chi connectivity index (χ0) is 13.7. The molecule has 1 aliphatic carbocycles. The van der Waals surface area contributed by atoms with Gasteiger partial charge in [-0.05, 0) is 49.9 Å². The Balaban J connectivity index is 2.08. The van der Waals surface area contributed by atoms with E-state index in [1.807, 2.05) is 6.20 Å². The van der Waals surface area contributed by atoms with Crippen LogP contribution in [0.2, 0.25) is 0 Å². The first kappa shape index (κ1) is 14.3. The molecule has 2 rings (SSSR count). The van der Waals surface area contributed by atoms with Gasteiger partial charge in [-0.1, -0.05) is 20.3 Å². The van der Waals surface area contributed by atoms with Crippen LogP contribution >= 0.6 is 0 Å². The fraction of sp³-hybridized carbons (Fsp3) is 0.688. The van der Waals surface area contributed by atoms with E-state index < -0.39 is 0 Å². The minimum Gasteiger partial charge on any atom is -0.353 e. The van der Waals surface area contributed by atoms with Crippen LogP contribution in [0.25, 0.3) is 0 Å². The van der Waals surface area contributed by atoms with Crippen molar-refractivity contribution in [2.75, 3.05) is 18.0 Å². The highest BCUT2D eigenvalue weighted by Gasteiger charge is 2.30. The lowest BCUT2D eigenvalue weighted by atomic mass is 10.2. The minimum absolute atomic E-state index is 0.748. The quantitative estimate of drug-likeness (QED) is 0.778. The number of nitrogens with one attached hydrogen (secondary N) is 1. The van der Waals surface area contributed by atoms with E-state index in [0.717, 1.165) is 25.7 Å². The second-order valence-electron chi connectivity index (χ2n) is 5.54. The van der Waals surface area contributed by atoms with E-state index in [2.05, 4.69) is 37.1 Å². The number of pyridine rings is 1. The van der Waals surface area contributed by atoms with Gasteiger partial charge in [0.2, 0.25) is 0 Å². The number of rotatable bonds is 8. The zero-order valence-corrected chi connectivity index (χ0v) is 12.6. The van der Waals surface area contributed by atoms with E-state index in [1.165, 1.54) is 42.6 Å². The second kappa shape index (κ2) is 6.90. The van der Waals surface area contributed by atoms with Crippen molar-refractivity contribution in [3.63, 3.8) is 0 Å². The van der Waals surface area contributed by atoms with Gasteiger partial charge < -0.3 is 10.2 Å². The topological polar surface area (TPSA) is 28.2 Å². The molecule has 1 heterocycles. The Kier molecular flexibility index (Phi) is 5.20. The maximum absolute atomic E-state index is 4.73. The van der Waals surface area contributed by atoms with Crippen molar-refractivity contribution in [1.29, 1.82) is 0 Å². The summed E-state index contributed by atoms with van der Waals surface area (Å²) in [7, 11) is 0. The molecular formula is C16H27N3. The first-order chi connectivity index (χ1) is 9.26. The van der Waals surface area contributed by atoms with Gasteiger partial charge in [-0.2, -0.15) is 0 Å². The summed E-state index contributed by atoms with van der Waals surface area (Å²) in [6.45, 7) is 9.66.